The van der Waals surface area contributed by atoms with E-state index in [4.69, 9.17) is 5.73 Å². The van der Waals surface area contributed by atoms with Crippen LogP contribution in [0.15, 0.2) is 24.3 Å². The van der Waals surface area contributed by atoms with Crippen LogP contribution in [0.2, 0.25) is 0 Å². The van der Waals surface area contributed by atoms with Crippen LogP contribution in [0.25, 0.3) is 0 Å². The van der Waals surface area contributed by atoms with Crippen molar-refractivity contribution < 1.29 is 9.18 Å². The summed E-state index contributed by atoms with van der Waals surface area (Å²) >= 11 is 0. The molecule has 0 atom stereocenters. The number of benzene rings is 1. The summed E-state index contributed by atoms with van der Waals surface area (Å²) in [7, 11) is 1.78. The Morgan fingerprint density at radius 2 is 2.11 bits per heavy atom. The number of rotatable bonds is 5. The summed E-state index contributed by atoms with van der Waals surface area (Å²) in [6.07, 6.45) is 3.47. The van der Waals surface area contributed by atoms with E-state index < -0.39 is 0 Å². The van der Waals surface area contributed by atoms with Gasteiger partial charge in [-0.1, -0.05) is 24.6 Å². The van der Waals surface area contributed by atoms with Crippen molar-refractivity contribution in [2.45, 2.75) is 25.7 Å². The summed E-state index contributed by atoms with van der Waals surface area (Å²) in [5.41, 5.74) is 6.35. The standard InChI is InChI=1S/C15H21FN2O/c1-18(11-15(10-17)7-4-8-15)14(19)9-12-5-2-3-6-13(12)16/h2-3,5-6H,4,7-11,17H2,1H3. The molecule has 4 heteroatoms. The molecule has 2 N–H and O–H groups in total. The van der Waals surface area contributed by atoms with Crippen LogP contribution < -0.4 is 5.73 Å². The van der Waals surface area contributed by atoms with Gasteiger partial charge in [0.1, 0.15) is 5.82 Å². The largest absolute Gasteiger partial charge is 0.345 e. The molecule has 0 spiro atoms. The number of halogens is 1. The number of likely N-dealkylation sites (N-methyl/N-ethyl adjacent to an activating group) is 1. The van der Waals surface area contributed by atoms with Gasteiger partial charge in [0.05, 0.1) is 6.42 Å². The van der Waals surface area contributed by atoms with Crippen LogP contribution in [0.5, 0.6) is 0 Å². The predicted molar refractivity (Wildman–Crippen MR) is 73.1 cm³/mol. The summed E-state index contributed by atoms with van der Waals surface area (Å²) < 4.78 is 13.5. The Hall–Kier alpha value is -1.42. The lowest BCUT2D eigenvalue weighted by molar-refractivity contribution is -0.131. The minimum absolute atomic E-state index is 0.0511. The molecule has 3 nitrogen and oxygen atoms in total. The molecule has 2 rings (SSSR count). The van der Waals surface area contributed by atoms with Crippen LogP contribution in [0.4, 0.5) is 4.39 Å². The molecule has 0 heterocycles. The van der Waals surface area contributed by atoms with Crippen molar-refractivity contribution >= 4 is 5.91 Å². The minimum atomic E-state index is -0.318. The highest BCUT2D eigenvalue weighted by Gasteiger charge is 2.37. The zero-order valence-corrected chi connectivity index (χ0v) is 11.4. The van der Waals surface area contributed by atoms with Gasteiger partial charge in [-0.05, 0) is 31.0 Å². The van der Waals surface area contributed by atoms with Gasteiger partial charge in [0.25, 0.3) is 0 Å². The number of nitrogens with zero attached hydrogens (tertiary/aromatic N) is 1. The van der Waals surface area contributed by atoms with Crippen LogP contribution in [-0.4, -0.2) is 30.9 Å². The van der Waals surface area contributed by atoms with Gasteiger partial charge >= 0.3 is 0 Å². The molecule has 0 saturated heterocycles. The van der Waals surface area contributed by atoms with E-state index in [9.17, 15) is 9.18 Å². The number of carbonyl (C=O) groups is 1. The van der Waals surface area contributed by atoms with Crippen LogP contribution >= 0.6 is 0 Å². The van der Waals surface area contributed by atoms with Crippen LogP contribution in [0.3, 0.4) is 0 Å². The van der Waals surface area contributed by atoms with Crippen molar-refractivity contribution in [2.75, 3.05) is 20.1 Å². The van der Waals surface area contributed by atoms with E-state index in [-0.39, 0.29) is 23.6 Å². The molecule has 0 aliphatic heterocycles. The van der Waals surface area contributed by atoms with E-state index in [1.54, 1.807) is 30.1 Å². The van der Waals surface area contributed by atoms with E-state index >= 15 is 0 Å². The van der Waals surface area contributed by atoms with Gasteiger partial charge in [-0.15, -0.1) is 0 Å². The maximum atomic E-state index is 13.5. The van der Waals surface area contributed by atoms with Gasteiger partial charge in [-0.25, -0.2) is 4.39 Å². The lowest BCUT2D eigenvalue weighted by Gasteiger charge is -2.43. The van der Waals surface area contributed by atoms with E-state index in [0.717, 1.165) is 12.8 Å². The molecular weight excluding hydrogens is 243 g/mol. The molecule has 1 aliphatic carbocycles. The van der Waals surface area contributed by atoms with Gasteiger partial charge in [-0.2, -0.15) is 0 Å². The lowest BCUT2D eigenvalue weighted by Crippen LogP contribution is -2.47. The molecule has 0 unspecified atom stereocenters. The number of amides is 1. The molecule has 1 aromatic carbocycles. The Labute approximate surface area is 113 Å². The second-order valence-corrected chi connectivity index (χ2v) is 5.58. The van der Waals surface area contributed by atoms with Crippen LogP contribution in [0, 0.1) is 11.2 Å². The summed E-state index contributed by atoms with van der Waals surface area (Å²) in [6.45, 7) is 1.29. The summed E-state index contributed by atoms with van der Waals surface area (Å²) in [6, 6.07) is 6.42. The van der Waals surface area contributed by atoms with Crippen molar-refractivity contribution in [1.29, 1.82) is 0 Å². The van der Waals surface area contributed by atoms with E-state index in [2.05, 4.69) is 0 Å². The minimum Gasteiger partial charge on any atom is -0.345 e. The third-order valence-electron chi connectivity index (χ3n) is 4.15. The summed E-state index contributed by atoms with van der Waals surface area (Å²) in [4.78, 5) is 13.8. The molecule has 0 bridgehead atoms. The Morgan fingerprint density at radius 1 is 1.42 bits per heavy atom. The Balaban J connectivity index is 1.94. The van der Waals surface area contributed by atoms with Crippen molar-refractivity contribution in [3.05, 3.63) is 35.6 Å². The molecule has 1 amide bonds. The molecular formula is C15H21FN2O. The zero-order chi connectivity index (χ0) is 13.9. The lowest BCUT2D eigenvalue weighted by atomic mass is 9.68. The Kier molecular flexibility index (Phi) is 4.20. The first-order chi connectivity index (χ1) is 9.06. The third-order valence-corrected chi connectivity index (χ3v) is 4.15. The highest BCUT2D eigenvalue weighted by atomic mass is 19.1. The molecule has 1 aromatic rings. The van der Waals surface area contributed by atoms with Gasteiger partial charge in [-0.3, -0.25) is 4.79 Å². The molecule has 0 aromatic heterocycles. The fourth-order valence-electron chi connectivity index (χ4n) is 2.63. The van der Waals surface area contributed by atoms with Crippen LogP contribution in [0.1, 0.15) is 24.8 Å². The van der Waals surface area contributed by atoms with Crippen molar-refractivity contribution in [3.63, 3.8) is 0 Å². The summed E-state index contributed by atoms with van der Waals surface area (Å²) in [5, 5.41) is 0. The zero-order valence-electron chi connectivity index (χ0n) is 11.4. The molecule has 0 radical (unpaired) electrons. The average Bonchev–Trinajstić information content (AvgIpc) is 2.36. The molecule has 1 saturated carbocycles. The molecule has 104 valence electrons. The van der Waals surface area contributed by atoms with E-state index in [0.29, 0.717) is 18.7 Å². The second kappa shape index (κ2) is 5.70. The smallest absolute Gasteiger partial charge is 0.226 e. The maximum absolute atomic E-state index is 13.5. The number of hydrogen-bond donors (Lipinski definition) is 1. The number of carbonyl (C=O) groups excluding carboxylic acids is 1. The highest BCUT2D eigenvalue weighted by Crippen LogP contribution is 2.40. The van der Waals surface area contributed by atoms with Crippen molar-refractivity contribution in [1.82, 2.24) is 4.90 Å². The first kappa shape index (κ1) is 14.0. The Bertz CT molecular complexity index is 452. The van der Waals surface area contributed by atoms with Crippen molar-refractivity contribution in [3.8, 4) is 0 Å². The summed E-state index contributed by atoms with van der Waals surface area (Å²) in [5.74, 6) is -0.369. The fourth-order valence-corrected chi connectivity index (χ4v) is 2.63. The third kappa shape index (κ3) is 3.13. The predicted octanol–water partition coefficient (Wildman–Crippen LogP) is 1.96. The number of hydrogen-bond acceptors (Lipinski definition) is 2. The van der Waals surface area contributed by atoms with E-state index in [1.165, 1.54) is 12.5 Å². The van der Waals surface area contributed by atoms with Gasteiger partial charge < -0.3 is 10.6 Å². The second-order valence-electron chi connectivity index (χ2n) is 5.58. The normalized spacial score (nSPS) is 16.8. The molecule has 1 fully saturated rings. The average molecular weight is 264 g/mol. The highest BCUT2D eigenvalue weighted by molar-refractivity contribution is 5.78. The van der Waals surface area contributed by atoms with Gasteiger partial charge in [0.2, 0.25) is 5.91 Å². The molecule has 19 heavy (non-hydrogen) atoms. The first-order valence-electron chi connectivity index (χ1n) is 6.74. The van der Waals surface area contributed by atoms with E-state index in [1.807, 2.05) is 0 Å². The SMILES string of the molecule is CN(CC1(CN)CCC1)C(=O)Cc1ccccc1F. The number of nitrogens with two attached hydrogens (primary N) is 1. The van der Waals surface area contributed by atoms with Gasteiger partial charge in [0, 0.05) is 19.0 Å². The monoisotopic (exact) mass is 264 g/mol. The van der Waals surface area contributed by atoms with Crippen LogP contribution in [-0.2, 0) is 11.2 Å². The quantitative estimate of drug-likeness (QED) is 0.883. The Morgan fingerprint density at radius 3 is 2.63 bits per heavy atom. The first-order valence-corrected chi connectivity index (χ1v) is 6.74. The fraction of sp³-hybridized carbons (Fsp3) is 0.533. The van der Waals surface area contributed by atoms with Gasteiger partial charge in [0.15, 0.2) is 0 Å². The maximum Gasteiger partial charge on any atom is 0.226 e. The molecule has 1 aliphatic rings. The van der Waals surface area contributed by atoms with Crippen molar-refractivity contribution in [2.24, 2.45) is 11.1 Å². The topological polar surface area (TPSA) is 46.3 Å².